The molecule has 0 radical (unpaired) electrons. The third-order valence-corrected chi connectivity index (χ3v) is 4.60. The van der Waals surface area contributed by atoms with E-state index >= 15 is 0 Å². The van der Waals surface area contributed by atoms with Crippen LogP contribution < -0.4 is 10.2 Å². The monoisotopic (exact) mass is 368 g/mol. The summed E-state index contributed by atoms with van der Waals surface area (Å²) in [6, 6.07) is 27.8. The lowest BCUT2D eigenvalue weighted by molar-refractivity contribution is -0.127. The van der Waals surface area contributed by atoms with Crippen molar-refractivity contribution in [2.24, 2.45) is 5.10 Å². The Morgan fingerprint density at radius 1 is 0.893 bits per heavy atom. The molecule has 4 aromatic rings. The minimum atomic E-state index is -0.661. The van der Waals surface area contributed by atoms with Crippen LogP contribution in [-0.2, 0) is 4.79 Å². The number of fused-ring (bicyclic) bond motifs is 2. The summed E-state index contributed by atoms with van der Waals surface area (Å²) in [4.78, 5) is 12.3. The van der Waals surface area contributed by atoms with Crippen molar-refractivity contribution in [3.05, 3.63) is 90.5 Å². The van der Waals surface area contributed by atoms with Crippen LogP contribution in [0.4, 0.5) is 0 Å². The summed E-state index contributed by atoms with van der Waals surface area (Å²) in [6.45, 7) is 1.71. The third kappa shape index (κ3) is 3.86. The normalized spacial score (nSPS) is 12.3. The Hall–Kier alpha value is -3.66. The van der Waals surface area contributed by atoms with Gasteiger partial charge in [-0.3, -0.25) is 4.79 Å². The van der Waals surface area contributed by atoms with E-state index in [2.05, 4.69) is 10.5 Å². The molecule has 0 spiro atoms. The molecule has 4 aromatic carbocycles. The van der Waals surface area contributed by atoms with Crippen LogP contribution in [0, 0.1) is 0 Å². The molecular formula is C24H20N2O2. The van der Waals surface area contributed by atoms with Crippen LogP contribution >= 0.6 is 0 Å². The van der Waals surface area contributed by atoms with Crippen molar-refractivity contribution in [2.45, 2.75) is 13.0 Å². The second kappa shape index (κ2) is 7.92. The number of amides is 1. The largest absolute Gasteiger partial charge is 0.481 e. The van der Waals surface area contributed by atoms with E-state index in [0.29, 0.717) is 5.75 Å². The highest BCUT2D eigenvalue weighted by molar-refractivity contribution is 6.00. The predicted molar refractivity (Wildman–Crippen MR) is 114 cm³/mol. The SMILES string of the molecule is CC(Oc1ccc2ccccc2c1)C(=O)N/N=C/c1cccc2ccccc12. The standard InChI is InChI=1S/C24H20N2O2/c1-17(28-22-14-13-18-7-2-3-9-20(18)15-22)24(27)26-25-16-21-11-6-10-19-8-4-5-12-23(19)21/h2-17H,1H3,(H,26,27)/b25-16+. The van der Waals surface area contributed by atoms with Gasteiger partial charge in [0.05, 0.1) is 6.21 Å². The predicted octanol–water partition coefficient (Wildman–Crippen LogP) is 4.91. The Bertz CT molecular complexity index is 1160. The van der Waals surface area contributed by atoms with Crippen LogP contribution in [0.15, 0.2) is 90.0 Å². The Morgan fingerprint density at radius 3 is 2.46 bits per heavy atom. The quantitative estimate of drug-likeness (QED) is 0.402. The average Bonchev–Trinajstić information content (AvgIpc) is 2.73. The zero-order valence-electron chi connectivity index (χ0n) is 15.5. The van der Waals surface area contributed by atoms with E-state index in [1.807, 2.05) is 84.9 Å². The molecule has 28 heavy (non-hydrogen) atoms. The zero-order chi connectivity index (χ0) is 19.3. The number of carbonyl (C=O) groups is 1. The van der Waals surface area contributed by atoms with Gasteiger partial charge >= 0.3 is 0 Å². The fourth-order valence-electron chi connectivity index (χ4n) is 3.12. The lowest BCUT2D eigenvalue weighted by Crippen LogP contribution is -2.33. The Labute approximate surface area is 163 Å². The number of nitrogens with zero attached hydrogens (tertiary/aromatic N) is 1. The first kappa shape index (κ1) is 17.7. The molecule has 1 unspecified atom stereocenters. The smallest absolute Gasteiger partial charge is 0.280 e. The van der Waals surface area contributed by atoms with Crippen LogP contribution in [0.1, 0.15) is 12.5 Å². The summed E-state index contributed by atoms with van der Waals surface area (Å²) in [5.74, 6) is 0.351. The first-order valence-electron chi connectivity index (χ1n) is 9.17. The number of hydrogen-bond acceptors (Lipinski definition) is 3. The number of nitrogens with one attached hydrogen (secondary N) is 1. The number of carbonyl (C=O) groups excluding carboxylic acids is 1. The molecule has 0 bridgehead atoms. The van der Waals surface area contributed by atoms with Crippen LogP contribution in [0.25, 0.3) is 21.5 Å². The second-order valence-electron chi connectivity index (χ2n) is 6.57. The van der Waals surface area contributed by atoms with E-state index in [1.54, 1.807) is 13.1 Å². The molecule has 138 valence electrons. The van der Waals surface area contributed by atoms with Crippen LogP contribution in [-0.4, -0.2) is 18.2 Å². The van der Waals surface area contributed by atoms with Crippen molar-refractivity contribution in [3.8, 4) is 5.75 Å². The maximum Gasteiger partial charge on any atom is 0.280 e. The topological polar surface area (TPSA) is 50.7 Å². The van der Waals surface area contributed by atoms with Gasteiger partial charge in [0.2, 0.25) is 0 Å². The molecule has 1 N–H and O–H groups in total. The fraction of sp³-hybridized carbons (Fsp3) is 0.0833. The van der Waals surface area contributed by atoms with E-state index in [9.17, 15) is 4.79 Å². The molecule has 4 rings (SSSR count). The first-order chi connectivity index (χ1) is 13.7. The molecule has 0 heterocycles. The van der Waals surface area contributed by atoms with Gasteiger partial charge in [-0.15, -0.1) is 0 Å². The Morgan fingerprint density at radius 2 is 1.61 bits per heavy atom. The molecule has 0 aliphatic carbocycles. The number of hydrogen-bond donors (Lipinski definition) is 1. The van der Waals surface area contributed by atoms with Gasteiger partial charge in [0.15, 0.2) is 6.10 Å². The summed E-state index contributed by atoms with van der Waals surface area (Å²) >= 11 is 0. The van der Waals surface area contributed by atoms with E-state index in [1.165, 1.54) is 0 Å². The van der Waals surface area contributed by atoms with Crippen molar-refractivity contribution in [1.82, 2.24) is 5.43 Å². The summed E-state index contributed by atoms with van der Waals surface area (Å²) in [7, 11) is 0. The Balaban J connectivity index is 1.41. The van der Waals surface area contributed by atoms with E-state index in [0.717, 1.165) is 27.1 Å². The molecular weight excluding hydrogens is 348 g/mol. The third-order valence-electron chi connectivity index (χ3n) is 4.60. The molecule has 1 atom stereocenters. The molecule has 4 heteroatoms. The van der Waals surface area contributed by atoms with E-state index in [-0.39, 0.29) is 5.91 Å². The lowest BCUT2D eigenvalue weighted by atomic mass is 10.1. The maximum atomic E-state index is 12.3. The van der Waals surface area contributed by atoms with Crippen LogP contribution in [0.2, 0.25) is 0 Å². The highest BCUT2D eigenvalue weighted by atomic mass is 16.5. The van der Waals surface area contributed by atoms with Gasteiger partial charge in [0.1, 0.15) is 5.75 Å². The molecule has 0 aliphatic rings. The molecule has 0 fully saturated rings. The van der Waals surface area contributed by atoms with E-state index < -0.39 is 6.10 Å². The van der Waals surface area contributed by atoms with Gasteiger partial charge in [0, 0.05) is 5.56 Å². The Kier molecular flexibility index (Phi) is 5.02. The van der Waals surface area contributed by atoms with Crippen LogP contribution in [0.3, 0.4) is 0 Å². The number of hydrazone groups is 1. The second-order valence-corrected chi connectivity index (χ2v) is 6.57. The van der Waals surface area contributed by atoms with Crippen molar-refractivity contribution in [2.75, 3.05) is 0 Å². The number of rotatable bonds is 5. The molecule has 4 nitrogen and oxygen atoms in total. The average molecular weight is 368 g/mol. The van der Waals surface area contributed by atoms with Gasteiger partial charge in [-0.2, -0.15) is 5.10 Å². The fourth-order valence-corrected chi connectivity index (χ4v) is 3.12. The van der Waals surface area contributed by atoms with Gasteiger partial charge in [-0.1, -0.05) is 72.8 Å². The minimum Gasteiger partial charge on any atom is -0.481 e. The summed E-state index contributed by atoms with van der Waals surface area (Å²) in [6.07, 6.45) is 0.994. The van der Waals surface area contributed by atoms with Gasteiger partial charge in [0.25, 0.3) is 5.91 Å². The summed E-state index contributed by atoms with van der Waals surface area (Å²) < 4.78 is 5.77. The van der Waals surface area contributed by atoms with Crippen molar-refractivity contribution in [1.29, 1.82) is 0 Å². The van der Waals surface area contributed by atoms with Crippen LogP contribution in [0.5, 0.6) is 5.75 Å². The first-order valence-corrected chi connectivity index (χ1v) is 9.17. The van der Waals surface area contributed by atoms with E-state index in [4.69, 9.17) is 4.74 Å². The molecule has 1 amide bonds. The zero-order valence-corrected chi connectivity index (χ0v) is 15.5. The summed E-state index contributed by atoms with van der Waals surface area (Å²) in [5.41, 5.74) is 3.50. The molecule has 0 saturated carbocycles. The van der Waals surface area contributed by atoms with Gasteiger partial charge in [-0.25, -0.2) is 5.43 Å². The van der Waals surface area contributed by atoms with Crippen molar-refractivity contribution >= 4 is 33.7 Å². The van der Waals surface area contributed by atoms with Gasteiger partial charge in [-0.05, 0) is 40.6 Å². The van der Waals surface area contributed by atoms with Crippen molar-refractivity contribution in [3.63, 3.8) is 0 Å². The number of benzene rings is 4. The minimum absolute atomic E-state index is 0.301. The maximum absolute atomic E-state index is 12.3. The molecule has 0 aliphatic heterocycles. The highest BCUT2D eigenvalue weighted by Crippen LogP contribution is 2.21. The number of ether oxygens (including phenoxy) is 1. The molecule has 0 saturated heterocycles. The summed E-state index contributed by atoms with van der Waals surface area (Å²) in [5, 5.41) is 8.52. The molecule has 0 aromatic heterocycles. The van der Waals surface area contributed by atoms with Gasteiger partial charge < -0.3 is 4.74 Å². The lowest BCUT2D eigenvalue weighted by Gasteiger charge is -2.13. The highest BCUT2D eigenvalue weighted by Gasteiger charge is 2.14. The van der Waals surface area contributed by atoms with Crippen molar-refractivity contribution < 1.29 is 9.53 Å².